The van der Waals surface area contributed by atoms with Crippen LogP contribution >= 0.6 is 0 Å². The second-order valence-corrected chi connectivity index (χ2v) is 7.66. The zero-order valence-electron chi connectivity index (χ0n) is 17.3. The maximum Gasteiger partial charge on any atom is 0.272 e. The molecule has 1 aliphatic rings. The first-order chi connectivity index (χ1) is 14.5. The first-order valence-corrected chi connectivity index (χ1v) is 10.0. The average molecular weight is 404 g/mol. The van der Waals surface area contributed by atoms with Crippen LogP contribution < -0.4 is 5.32 Å². The van der Waals surface area contributed by atoms with Crippen molar-refractivity contribution < 1.29 is 9.53 Å². The molecule has 0 saturated heterocycles. The Bertz CT molecular complexity index is 1130. The quantitative estimate of drug-likeness (QED) is 0.649. The number of ether oxygens (including phenoxy) is 1. The monoisotopic (exact) mass is 404 g/mol. The van der Waals surface area contributed by atoms with Crippen molar-refractivity contribution in [2.45, 2.75) is 39.3 Å². The molecule has 1 N–H and O–H groups in total. The van der Waals surface area contributed by atoms with Gasteiger partial charge in [-0.15, -0.1) is 0 Å². The van der Waals surface area contributed by atoms with E-state index in [0.29, 0.717) is 24.6 Å². The van der Waals surface area contributed by atoms with Crippen LogP contribution in [0.15, 0.2) is 24.5 Å². The Hall–Kier alpha value is -3.31. The molecule has 2 heterocycles. The van der Waals surface area contributed by atoms with E-state index < -0.39 is 0 Å². The van der Waals surface area contributed by atoms with Crippen molar-refractivity contribution in [3.63, 3.8) is 0 Å². The standard InChI is InChI=1S/C22H24N6O2/c1-13-11-25-17(12-24-13)22(29)27-20(15-4-5-15)21-26-19-14(2)16(10-23)6-7-18(19)28(21)8-9-30-3/h6-7,11-12,15,20H,4-5,8-9H2,1-3H3,(H,27,29)/t20-/m0/s1. The number of imidazole rings is 1. The van der Waals surface area contributed by atoms with Crippen molar-refractivity contribution in [3.8, 4) is 6.07 Å². The van der Waals surface area contributed by atoms with E-state index in [0.717, 1.165) is 41.0 Å². The predicted molar refractivity (Wildman–Crippen MR) is 111 cm³/mol. The number of hydrogen-bond acceptors (Lipinski definition) is 6. The Balaban J connectivity index is 1.75. The Morgan fingerprint density at radius 1 is 1.33 bits per heavy atom. The summed E-state index contributed by atoms with van der Waals surface area (Å²) >= 11 is 0. The lowest BCUT2D eigenvalue weighted by molar-refractivity contribution is 0.0922. The first kappa shape index (κ1) is 20.0. The number of nitriles is 1. The molecule has 30 heavy (non-hydrogen) atoms. The van der Waals surface area contributed by atoms with E-state index >= 15 is 0 Å². The van der Waals surface area contributed by atoms with E-state index in [1.165, 1.54) is 6.20 Å². The maximum atomic E-state index is 12.9. The van der Waals surface area contributed by atoms with Crippen LogP contribution in [0.3, 0.4) is 0 Å². The van der Waals surface area contributed by atoms with Crippen LogP contribution in [0.1, 0.15) is 52.0 Å². The second kappa shape index (κ2) is 8.20. The maximum absolute atomic E-state index is 12.9. The normalized spacial score (nSPS) is 14.5. The molecule has 0 unspecified atom stereocenters. The molecule has 0 radical (unpaired) electrons. The molecular weight excluding hydrogens is 380 g/mol. The Labute approximate surface area is 174 Å². The van der Waals surface area contributed by atoms with Gasteiger partial charge in [0.15, 0.2) is 0 Å². The van der Waals surface area contributed by atoms with Crippen LogP contribution in [0.2, 0.25) is 0 Å². The van der Waals surface area contributed by atoms with Gasteiger partial charge in [0.2, 0.25) is 0 Å². The number of methoxy groups -OCH3 is 1. The summed E-state index contributed by atoms with van der Waals surface area (Å²) in [6.45, 7) is 4.87. The van der Waals surface area contributed by atoms with E-state index in [-0.39, 0.29) is 17.6 Å². The molecule has 0 spiro atoms. The fourth-order valence-corrected chi connectivity index (χ4v) is 3.67. The minimum atomic E-state index is -0.265. The number of fused-ring (bicyclic) bond motifs is 1. The number of nitrogens with zero attached hydrogens (tertiary/aromatic N) is 5. The summed E-state index contributed by atoms with van der Waals surface area (Å²) in [5.74, 6) is 0.844. The third-order valence-electron chi connectivity index (χ3n) is 5.51. The largest absolute Gasteiger partial charge is 0.383 e. The molecule has 8 heteroatoms. The summed E-state index contributed by atoms with van der Waals surface area (Å²) in [6.07, 6.45) is 5.13. The van der Waals surface area contributed by atoms with Crippen molar-refractivity contribution in [2.24, 2.45) is 5.92 Å². The van der Waals surface area contributed by atoms with Gasteiger partial charge in [-0.25, -0.2) is 9.97 Å². The molecule has 154 valence electrons. The summed E-state index contributed by atoms with van der Waals surface area (Å²) in [5.41, 5.74) is 4.22. The molecule has 2 aromatic heterocycles. The van der Waals surface area contributed by atoms with Crippen molar-refractivity contribution in [1.82, 2.24) is 24.8 Å². The lowest BCUT2D eigenvalue weighted by Gasteiger charge is -2.19. The number of aromatic nitrogens is 4. The fraction of sp³-hybridized carbons (Fsp3) is 0.409. The van der Waals surface area contributed by atoms with Gasteiger partial charge in [-0.3, -0.25) is 9.78 Å². The molecule has 1 fully saturated rings. The zero-order valence-corrected chi connectivity index (χ0v) is 17.3. The van der Waals surface area contributed by atoms with E-state index in [9.17, 15) is 10.1 Å². The number of carbonyl (C=O) groups excluding carboxylic acids is 1. The predicted octanol–water partition coefficient (Wildman–Crippen LogP) is 2.84. The van der Waals surface area contributed by atoms with Gasteiger partial charge in [0.1, 0.15) is 11.5 Å². The van der Waals surface area contributed by atoms with Crippen LogP contribution in [-0.4, -0.2) is 39.1 Å². The van der Waals surface area contributed by atoms with Gasteiger partial charge < -0.3 is 14.6 Å². The number of rotatable bonds is 7. The molecule has 4 rings (SSSR count). The topological polar surface area (TPSA) is 106 Å². The van der Waals surface area contributed by atoms with Gasteiger partial charge in [-0.2, -0.15) is 5.26 Å². The molecular formula is C22H24N6O2. The van der Waals surface area contributed by atoms with E-state index in [1.807, 2.05) is 26.0 Å². The van der Waals surface area contributed by atoms with Crippen LogP contribution in [-0.2, 0) is 11.3 Å². The number of aryl methyl sites for hydroxylation is 2. The highest BCUT2D eigenvalue weighted by molar-refractivity contribution is 5.92. The van der Waals surface area contributed by atoms with Gasteiger partial charge in [0.05, 0.1) is 47.2 Å². The first-order valence-electron chi connectivity index (χ1n) is 10.0. The minimum Gasteiger partial charge on any atom is -0.383 e. The highest BCUT2D eigenvalue weighted by Crippen LogP contribution is 2.42. The van der Waals surface area contributed by atoms with Gasteiger partial charge in [-0.05, 0) is 50.3 Å². The minimum absolute atomic E-state index is 0.241. The summed E-state index contributed by atoms with van der Waals surface area (Å²) in [5, 5.41) is 12.5. The van der Waals surface area contributed by atoms with Crippen molar-refractivity contribution >= 4 is 16.9 Å². The third kappa shape index (κ3) is 3.76. The number of carbonyl (C=O) groups is 1. The third-order valence-corrected chi connectivity index (χ3v) is 5.51. The molecule has 1 atom stereocenters. The fourth-order valence-electron chi connectivity index (χ4n) is 3.67. The summed E-state index contributed by atoms with van der Waals surface area (Å²) in [6, 6.07) is 5.72. The van der Waals surface area contributed by atoms with Crippen molar-refractivity contribution in [3.05, 3.63) is 52.9 Å². The number of benzene rings is 1. The van der Waals surface area contributed by atoms with Crippen LogP contribution in [0.4, 0.5) is 0 Å². The number of hydrogen-bond donors (Lipinski definition) is 1. The van der Waals surface area contributed by atoms with Gasteiger partial charge in [0, 0.05) is 19.9 Å². The average Bonchev–Trinajstić information content (AvgIpc) is 3.52. The van der Waals surface area contributed by atoms with Crippen LogP contribution in [0.5, 0.6) is 0 Å². The Morgan fingerprint density at radius 2 is 2.13 bits per heavy atom. The van der Waals surface area contributed by atoms with Gasteiger partial charge >= 0.3 is 0 Å². The smallest absolute Gasteiger partial charge is 0.272 e. The Morgan fingerprint density at radius 3 is 2.77 bits per heavy atom. The summed E-state index contributed by atoms with van der Waals surface area (Å²) < 4.78 is 7.40. The van der Waals surface area contributed by atoms with Gasteiger partial charge in [0.25, 0.3) is 5.91 Å². The van der Waals surface area contributed by atoms with Gasteiger partial charge in [-0.1, -0.05) is 0 Å². The molecule has 0 bridgehead atoms. The molecule has 1 aromatic carbocycles. The zero-order chi connectivity index (χ0) is 21.3. The summed E-state index contributed by atoms with van der Waals surface area (Å²) in [7, 11) is 1.66. The highest BCUT2D eigenvalue weighted by Gasteiger charge is 2.37. The van der Waals surface area contributed by atoms with Crippen molar-refractivity contribution in [2.75, 3.05) is 13.7 Å². The molecule has 1 saturated carbocycles. The number of nitrogens with one attached hydrogen (secondary N) is 1. The molecule has 1 amide bonds. The molecule has 8 nitrogen and oxygen atoms in total. The molecule has 3 aromatic rings. The summed E-state index contributed by atoms with van der Waals surface area (Å²) in [4.78, 5) is 26.1. The molecule has 1 aliphatic carbocycles. The van der Waals surface area contributed by atoms with E-state index in [1.54, 1.807) is 13.3 Å². The van der Waals surface area contributed by atoms with Crippen molar-refractivity contribution in [1.29, 1.82) is 5.26 Å². The second-order valence-electron chi connectivity index (χ2n) is 7.66. The lowest BCUT2D eigenvalue weighted by Crippen LogP contribution is -2.32. The van der Waals surface area contributed by atoms with Crippen LogP contribution in [0.25, 0.3) is 11.0 Å². The van der Waals surface area contributed by atoms with Crippen LogP contribution in [0, 0.1) is 31.1 Å². The lowest BCUT2D eigenvalue weighted by atomic mass is 10.1. The highest BCUT2D eigenvalue weighted by atomic mass is 16.5. The molecule has 0 aliphatic heterocycles. The number of amides is 1. The Kier molecular flexibility index (Phi) is 5.46. The van der Waals surface area contributed by atoms with E-state index in [4.69, 9.17) is 9.72 Å². The van der Waals surface area contributed by atoms with E-state index in [2.05, 4.69) is 25.9 Å². The SMILES string of the molecule is COCCn1c([C@@H](NC(=O)c2cnc(C)cn2)C2CC2)nc2c(C)c(C#N)ccc21.